The highest BCUT2D eigenvalue weighted by Gasteiger charge is 2.21. The monoisotopic (exact) mass is 382 g/mol. The number of sulfonamides is 1. The van der Waals surface area contributed by atoms with Crippen molar-refractivity contribution in [1.82, 2.24) is 10.0 Å². The molecule has 0 spiro atoms. The molecule has 0 aliphatic carbocycles. The van der Waals surface area contributed by atoms with Gasteiger partial charge in [0.25, 0.3) is 0 Å². The fourth-order valence-electron chi connectivity index (χ4n) is 2.50. The maximum atomic E-state index is 13.1. The summed E-state index contributed by atoms with van der Waals surface area (Å²) in [5.74, 6) is -1.23. The molecule has 0 unspecified atom stereocenters. The third kappa shape index (κ3) is 6.20. The van der Waals surface area contributed by atoms with Crippen LogP contribution in [0.3, 0.4) is 0 Å². The van der Waals surface area contributed by atoms with E-state index in [1.807, 2.05) is 0 Å². The number of halogens is 2. The third-order valence-corrected chi connectivity index (χ3v) is 4.48. The summed E-state index contributed by atoms with van der Waals surface area (Å²) in [4.78, 5) is 12.3. The van der Waals surface area contributed by atoms with E-state index in [4.69, 9.17) is 0 Å². The third-order valence-electron chi connectivity index (χ3n) is 3.77. The van der Waals surface area contributed by atoms with Crippen LogP contribution in [-0.2, 0) is 14.8 Å². The van der Waals surface area contributed by atoms with Gasteiger partial charge in [-0.3, -0.25) is 4.79 Å². The van der Waals surface area contributed by atoms with Crippen LogP contribution in [0.25, 0.3) is 0 Å². The molecule has 26 heavy (non-hydrogen) atoms. The van der Waals surface area contributed by atoms with E-state index in [2.05, 4.69) is 10.0 Å². The highest BCUT2D eigenvalue weighted by atomic mass is 32.2. The lowest BCUT2D eigenvalue weighted by Gasteiger charge is -2.20. The fraction of sp³-hybridized carbons (Fsp3) is 0.278. The number of hydrogen-bond acceptors (Lipinski definition) is 3. The highest BCUT2D eigenvalue weighted by molar-refractivity contribution is 7.88. The number of carbonyl (C=O) groups excluding carboxylic acids is 1. The second kappa shape index (κ2) is 8.37. The summed E-state index contributed by atoms with van der Waals surface area (Å²) >= 11 is 0. The lowest BCUT2D eigenvalue weighted by Crippen LogP contribution is -2.34. The Balaban J connectivity index is 2.10. The van der Waals surface area contributed by atoms with Gasteiger partial charge in [0, 0.05) is 6.42 Å². The quantitative estimate of drug-likeness (QED) is 0.773. The van der Waals surface area contributed by atoms with Crippen LogP contribution in [-0.4, -0.2) is 20.6 Å². The first kappa shape index (κ1) is 20.0. The van der Waals surface area contributed by atoms with E-state index in [9.17, 15) is 22.0 Å². The minimum atomic E-state index is -3.58. The Morgan fingerprint density at radius 1 is 0.962 bits per heavy atom. The SMILES string of the molecule is C[C@H](NC(=O)C[C@@H](NS(C)(=O)=O)c1ccc(F)cc1)c1ccc(F)cc1. The summed E-state index contributed by atoms with van der Waals surface area (Å²) in [6, 6.07) is 9.76. The van der Waals surface area contributed by atoms with Crippen molar-refractivity contribution in [2.45, 2.75) is 25.4 Å². The summed E-state index contributed by atoms with van der Waals surface area (Å²) in [6.07, 6.45) is 0.826. The summed E-state index contributed by atoms with van der Waals surface area (Å²) in [5, 5.41) is 2.74. The molecule has 1 amide bonds. The van der Waals surface area contributed by atoms with Crippen LogP contribution < -0.4 is 10.0 Å². The van der Waals surface area contributed by atoms with E-state index < -0.39 is 27.8 Å². The van der Waals surface area contributed by atoms with Crippen molar-refractivity contribution in [1.29, 1.82) is 0 Å². The minimum absolute atomic E-state index is 0.162. The van der Waals surface area contributed by atoms with E-state index in [0.717, 1.165) is 6.26 Å². The zero-order chi connectivity index (χ0) is 19.3. The zero-order valence-corrected chi connectivity index (χ0v) is 15.2. The van der Waals surface area contributed by atoms with Crippen molar-refractivity contribution in [2.75, 3.05) is 6.26 Å². The van der Waals surface area contributed by atoms with E-state index in [-0.39, 0.29) is 18.3 Å². The van der Waals surface area contributed by atoms with Crippen LogP contribution in [0.2, 0.25) is 0 Å². The Kier molecular flexibility index (Phi) is 6.44. The zero-order valence-electron chi connectivity index (χ0n) is 14.4. The molecule has 0 heterocycles. The maximum absolute atomic E-state index is 13.1. The molecule has 0 aliphatic heterocycles. The van der Waals surface area contributed by atoms with Crippen LogP contribution in [0, 0.1) is 11.6 Å². The molecule has 8 heteroatoms. The van der Waals surface area contributed by atoms with E-state index in [0.29, 0.717) is 11.1 Å². The summed E-state index contributed by atoms with van der Waals surface area (Å²) in [6.45, 7) is 1.74. The van der Waals surface area contributed by atoms with Crippen LogP contribution in [0.4, 0.5) is 8.78 Å². The Morgan fingerprint density at radius 3 is 1.88 bits per heavy atom. The van der Waals surface area contributed by atoms with E-state index in [1.54, 1.807) is 19.1 Å². The first-order valence-electron chi connectivity index (χ1n) is 7.91. The number of nitrogens with one attached hydrogen (secondary N) is 2. The molecule has 0 bridgehead atoms. The van der Waals surface area contributed by atoms with E-state index >= 15 is 0 Å². The first-order chi connectivity index (χ1) is 12.1. The number of amides is 1. The topological polar surface area (TPSA) is 75.3 Å². The van der Waals surface area contributed by atoms with Gasteiger partial charge in [0.1, 0.15) is 11.6 Å². The molecule has 0 fully saturated rings. The molecular weight excluding hydrogens is 362 g/mol. The number of carbonyl (C=O) groups is 1. The van der Waals surface area contributed by atoms with Crippen molar-refractivity contribution < 1.29 is 22.0 Å². The largest absolute Gasteiger partial charge is 0.350 e. The molecule has 0 saturated carbocycles. The van der Waals surface area contributed by atoms with Gasteiger partial charge in [-0.1, -0.05) is 24.3 Å². The maximum Gasteiger partial charge on any atom is 0.222 e. The van der Waals surface area contributed by atoms with Crippen LogP contribution in [0.5, 0.6) is 0 Å². The Hall–Kier alpha value is -2.32. The summed E-state index contributed by atoms with van der Waals surface area (Å²) < 4.78 is 51.6. The fourth-order valence-corrected chi connectivity index (χ4v) is 3.24. The van der Waals surface area contributed by atoms with Gasteiger partial charge < -0.3 is 5.32 Å². The average Bonchev–Trinajstić information content (AvgIpc) is 2.54. The van der Waals surface area contributed by atoms with Crippen molar-refractivity contribution >= 4 is 15.9 Å². The predicted molar refractivity (Wildman–Crippen MR) is 94.7 cm³/mol. The van der Waals surface area contributed by atoms with Crippen molar-refractivity contribution in [3.8, 4) is 0 Å². The van der Waals surface area contributed by atoms with Crippen LogP contribution in [0.15, 0.2) is 48.5 Å². The summed E-state index contributed by atoms with van der Waals surface area (Å²) in [5.41, 5.74) is 1.19. The average molecular weight is 382 g/mol. The molecular formula is C18H20F2N2O3S. The molecule has 2 aromatic carbocycles. The standard InChI is InChI=1S/C18H20F2N2O3S/c1-12(13-3-7-15(19)8-4-13)21-18(23)11-17(22-26(2,24)25)14-5-9-16(20)10-6-14/h3-10,12,17,22H,11H2,1-2H3,(H,21,23)/t12-,17+/m0/s1. The molecule has 2 rings (SSSR count). The minimum Gasteiger partial charge on any atom is -0.350 e. The highest BCUT2D eigenvalue weighted by Crippen LogP contribution is 2.20. The Labute approximate surface area is 151 Å². The van der Waals surface area contributed by atoms with Crippen molar-refractivity contribution in [2.24, 2.45) is 0 Å². The molecule has 2 N–H and O–H groups in total. The van der Waals surface area contributed by atoms with Gasteiger partial charge >= 0.3 is 0 Å². The Bertz CT molecular complexity index is 853. The molecule has 2 aromatic rings. The van der Waals surface area contributed by atoms with Gasteiger partial charge in [-0.25, -0.2) is 21.9 Å². The smallest absolute Gasteiger partial charge is 0.222 e. The lowest BCUT2D eigenvalue weighted by molar-refractivity contribution is -0.122. The summed E-state index contributed by atoms with van der Waals surface area (Å²) in [7, 11) is -3.58. The number of benzene rings is 2. The van der Waals surface area contributed by atoms with Crippen molar-refractivity contribution in [3.05, 3.63) is 71.3 Å². The molecule has 0 aromatic heterocycles. The van der Waals surface area contributed by atoms with Gasteiger partial charge in [0.2, 0.25) is 15.9 Å². The number of rotatable bonds is 7. The first-order valence-corrected chi connectivity index (χ1v) is 9.81. The van der Waals surface area contributed by atoms with Crippen molar-refractivity contribution in [3.63, 3.8) is 0 Å². The van der Waals surface area contributed by atoms with Gasteiger partial charge in [-0.05, 0) is 42.3 Å². The van der Waals surface area contributed by atoms with Crippen LogP contribution >= 0.6 is 0 Å². The second-order valence-electron chi connectivity index (χ2n) is 6.04. The van der Waals surface area contributed by atoms with E-state index in [1.165, 1.54) is 36.4 Å². The number of hydrogen-bond donors (Lipinski definition) is 2. The molecule has 0 radical (unpaired) electrons. The van der Waals surface area contributed by atoms with Crippen LogP contribution in [0.1, 0.15) is 36.6 Å². The Morgan fingerprint density at radius 2 is 1.42 bits per heavy atom. The van der Waals surface area contributed by atoms with Gasteiger partial charge in [-0.2, -0.15) is 0 Å². The molecule has 0 saturated heterocycles. The molecule has 140 valence electrons. The normalized spacial score (nSPS) is 13.8. The predicted octanol–water partition coefficient (Wildman–Crippen LogP) is 2.82. The lowest BCUT2D eigenvalue weighted by atomic mass is 10.0. The van der Waals surface area contributed by atoms with Gasteiger partial charge in [-0.15, -0.1) is 0 Å². The molecule has 0 aliphatic rings. The van der Waals surface area contributed by atoms with Gasteiger partial charge in [0.15, 0.2) is 0 Å². The second-order valence-corrected chi connectivity index (χ2v) is 7.82. The molecule has 2 atom stereocenters. The van der Waals surface area contributed by atoms with Gasteiger partial charge in [0.05, 0.1) is 18.3 Å². The molecule has 5 nitrogen and oxygen atoms in total.